The van der Waals surface area contributed by atoms with Crippen molar-refractivity contribution in [2.45, 2.75) is 148 Å². The fraction of sp³-hybridized carbons (Fsp3) is 0.854. The first-order valence-corrected chi connectivity index (χ1v) is 20.3. The molecule has 0 saturated carbocycles. The highest BCUT2D eigenvalue weighted by Gasteiger charge is 2.47. The molecule has 0 aromatic rings. The van der Waals surface area contributed by atoms with Crippen LogP contribution in [0.2, 0.25) is 0 Å². The van der Waals surface area contributed by atoms with E-state index < -0.39 is 54.7 Å². The quantitative estimate of drug-likeness (QED) is 0.295. The van der Waals surface area contributed by atoms with E-state index in [1.807, 2.05) is 33.8 Å². The Hall–Kier alpha value is -1.70. The average molecular weight is 734 g/mol. The lowest BCUT2D eigenvalue weighted by Crippen LogP contribution is -2.63. The number of rotatable bonds is 9. The van der Waals surface area contributed by atoms with E-state index in [9.17, 15) is 24.9 Å². The lowest BCUT2D eigenvalue weighted by atomic mass is 9.79. The number of piperidine rings is 2. The van der Waals surface area contributed by atoms with Gasteiger partial charge >= 0.3 is 5.97 Å². The number of likely N-dealkylation sites (tertiary alicyclic amines) is 2. The minimum absolute atomic E-state index is 0.0270. The summed E-state index contributed by atoms with van der Waals surface area (Å²) in [4.78, 5) is 34.1. The third-order valence-corrected chi connectivity index (χ3v) is 12.1. The largest absolute Gasteiger partial charge is 0.462 e. The zero-order valence-electron chi connectivity index (χ0n) is 33.2. The number of esters is 1. The lowest BCUT2D eigenvalue weighted by molar-refractivity contribution is -0.304. The number of nitrogens with zero attached hydrogens (tertiary/aromatic N) is 3. The molecule has 0 radical (unpaired) electrons. The third-order valence-electron chi connectivity index (χ3n) is 12.1. The van der Waals surface area contributed by atoms with Gasteiger partial charge in [0.1, 0.15) is 12.2 Å². The zero-order valence-corrected chi connectivity index (χ0v) is 33.2. The normalized spacial score (nSPS) is 40.2. The predicted octanol–water partition coefficient (Wildman–Crippen LogP) is 4.18. The average Bonchev–Trinajstić information content (AvgIpc) is 3.12. The van der Waals surface area contributed by atoms with Gasteiger partial charge in [-0.1, -0.05) is 51.3 Å². The summed E-state index contributed by atoms with van der Waals surface area (Å²) in [5, 5.41) is 34.2. The van der Waals surface area contributed by atoms with Crippen molar-refractivity contribution in [3.63, 3.8) is 0 Å². The number of aliphatic hydroxyl groups excluding tert-OH is 3. The van der Waals surface area contributed by atoms with E-state index in [1.54, 1.807) is 32.0 Å². The van der Waals surface area contributed by atoms with Gasteiger partial charge in [0.15, 0.2) is 12.1 Å². The Labute approximate surface area is 313 Å². The molecule has 3 fully saturated rings. The maximum Gasteiger partial charge on any atom is 0.308 e. The molecule has 4 aliphatic rings. The summed E-state index contributed by atoms with van der Waals surface area (Å²) in [5.41, 5.74) is 0.954. The van der Waals surface area contributed by atoms with Gasteiger partial charge in [-0.25, -0.2) is 0 Å². The number of cyclic esters (lactones) is 1. The van der Waals surface area contributed by atoms with Gasteiger partial charge in [0, 0.05) is 24.3 Å². The molecule has 0 aliphatic carbocycles. The van der Waals surface area contributed by atoms with E-state index in [0.717, 1.165) is 70.5 Å². The molecule has 3 saturated heterocycles. The molecule has 52 heavy (non-hydrogen) atoms. The van der Waals surface area contributed by atoms with Crippen molar-refractivity contribution in [3.8, 4) is 0 Å². The summed E-state index contributed by atoms with van der Waals surface area (Å²) in [7, 11) is 3.60. The molecule has 4 heterocycles. The Morgan fingerprint density at radius 3 is 2.15 bits per heavy atom. The van der Waals surface area contributed by atoms with E-state index in [1.165, 1.54) is 12.8 Å². The van der Waals surface area contributed by atoms with Crippen molar-refractivity contribution in [1.82, 2.24) is 14.7 Å². The number of aliphatic hydroxyl groups is 3. The minimum Gasteiger partial charge on any atom is -0.462 e. The number of ketones is 1. The third kappa shape index (κ3) is 12.2. The highest BCUT2D eigenvalue weighted by Crippen LogP contribution is 2.35. The molecule has 0 bridgehead atoms. The second-order valence-electron chi connectivity index (χ2n) is 16.6. The van der Waals surface area contributed by atoms with Crippen LogP contribution in [0.15, 0.2) is 23.8 Å². The summed E-state index contributed by atoms with van der Waals surface area (Å²) < 4.78 is 19.1. The number of allylic oxidation sites excluding steroid dienone is 3. The van der Waals surface area contributed by atoms with Crippen molar-refractivity contribution >= 4 is 11.8 Å². The molecule has 11 nitrogen and oxygen atoms in total. The van der Waals surface area contributed by atoms with Gasteiger partial charge in [0.05, 0.1) is 36.9 Å². The Bertz CT molecular complexity index is 1170. The molecule has 11 heteroatoms. The number of ether oxygens (including phenoxy) is 3. The fourth-order valence-electron chi connectivity index (χ4n) is 8.83. The summed E-state index contributed by atoms with van der Waals surface area (Å²) in [5.74, 6) is -1.58. The van der Waals surface area contributed by atoms with Gasteiger partial charge < -0.3 is 44.2 Å². The SMILES string of the molecule is CCC1OC(=O)C[C@@H](O)[C@H](C)[C@@H](OC2O[C@@H](C)[C@@H](O)[C@H](N(C)C)[C@@H]2O)C(CCN2CCCCC2)C[C@@H](C)C(=O)/C=C\C(C)=C\[C@@H]1CN1CCCCC1. The molecule has 0 aromatic carbocycles. The van der Waals surface area contributed by atoms with E-state index >= 15 is 0 Å². The van der Waals surface area contributed by atoms with E-state index in [0.29, 0.717) is 19.3 Å². The summed E-state index contributed by atoms with van der Waals surface area (Å²) in [6, 6.07) is -0.632. The fourth-order valence-corrected chi connectivity index (χ4v) is 8.83. The van der Waals surface area contributed by atoms with Gasteiger partial charge in [-0.2, -0.15) is 0 Å². The van der Waals surface area contributed by atoms with Crippen LogP contribution in [0.3, 0.4) is 0 Å². The zero-order chi connectivity index (χ0) is 37.9. The van der Waals surface area contributed by atoms with Crippen molar-refractivity contribution in [3.05, 3.63) is 23.8 Å². The van der Waals surface area contributed by atoms with Gasteiger partial charge in [-0.3, -0.25) is 9.59 Å². The van der Waals surface area contributed by atoms with Crippen LogP contribution in [0.1, 0.15) is 98.8 Å². The van der Waals surface area contributed by atoms with Crippen LogP contribution in [0.5, 0.6) is 0 Å². The first-order chi connectivity index (χ1) is 24.8. The van der Waals surface area contributed by atoms with E-state index in [4.69, 9.17) is 14.2 Å². The van der Waals surface area contributed by atoms with Crippen LogP contribution in [0, 0.1) is 23.7 Å². The number of likely N-dealkylation sites (N-methyl/N-ethyl adjacent to an activating group) is 1. The maximum atomic E-state index is 13.8. The highest BCUT2D eigenvalue weighted by molar-refractivity contribution is 5.91. The summed E-state index contributed by atoms with van der Waals surface area (Å²) in [6.45, 7) is 15.3. The molecular formula is C41H71N3O8. The molecule has 0 spiro atoms. The van der Waals surface area contributed by atoms with Gasteiger partial charge in [0.2, 0.25) is 0 Å². The molecule has 3 unspecified atom stereocenters. The van der Waals surface area contributed by atoms with Crippen molar-refractivity contribution in [2.75, 3.05) is 53.4 Å². The number of carbonyl (C=O) groups is 2. The standard InChI is InChI=1S/C41H71N3O8/c1-8-35-32(26-44-20-13-10-14-21-44)23-27(2)15-16-33(45)28(3)24-31(17-22-43-18-11-9-12-19-43)40(29(4)34(46)25-36(47)51-35)52-41-39(49)37(42(6)7)38(48)30(5)50-41/h15-16,23,28-32,34-35,37-41,46,48-49H,8-14,17-22,24-26H2,1-7H3/b16-15-,27-23+/t28-,29+,30+,31?,32-,34-,35?,37+,38-,39+,40-,41?/m1/s1. The number of carbonyl (C=O) groups excluding carboxylic acids is 2. The number of hydrogen-bond acceptors (Lipinski definition) is 11. The van der Waals surface area contributed by atoms with E-state index in [-0.39, 0.29) is 36.1 Å². The second kappa shape index (κ2) is 20.8. The predicted molar refractivity (Wildman–Crippen MR) is 203 cm³/mol. The Balaban J connectivity index is 1.68. The van der Waals surface area contributed by atoms with Gasteiger partial charge in [0.25, 0.3) is 0 Å². The van der Waals surface area contributed by atoms with Gasteiger partial charge in [-0.05, 0) is 118 Å². The van der Waals surface area contributed by atoms with Crippen LogP contribution in [-0.2, 0) is 23.8 Å². The van der Waals surface area contributed by atoms with Crippen LogP contribution in [-0.4, -0.2) is 144 Å². The Kier molecular flexibility index (Phi) is 17.2. The van der Waals surface area contributed by atoms with Crippen LogP contribution in [0.25, 0.3) is 0 Å². The topological polar surface area (TPSA) is 132 Å². The summed E-state index contributed by atoms with van der Waals surface area (Å²) >= 11 is 0. The molecule has 0 aromatic heterocycles. The second-order valence-corrected chi connectivity index (χ2v) is 16.6. The smallest absolute Gasteiger partial charge is 0.308 e. The van der Waals surface area contributed by atoms with Gasteiger partial charge in [-0.15, -0.1) is 0 Å². The van der Waals surface area contributed by atoms with Crippen LogP contribution in [0.4, 0.5) is 0 Å². The Morgan fingerprint density at radius 1 is 0.904 bits per heavy atom. The van der Waals surface area contributed by atoms with Crippen LogP contribution < -0.4 is 0 Å². The molecule has 4 rings (SSSR count). The van der Waals surface area contributed by atoms with Crippen molar-refractivity contribution < 1.29 is 39.1 Å². The molecule has 12 atom stereocenters. The first-order valence-electron chi connectivity index (χ1n) is 20.3. The molecule has 3 N–H and O–H groups in total. The Morgan fingerprint density at radius 2 is 1.54 bits per heavy atom. The number of hydrogen-bond donors (Lipinski definition) is 3. The van der Waals surface area contributed by atoms with E-state index in [2.05, 4.69) is 15.9 Å². The lowest BCUT2D eigenvalue weighted by Gasteiger charge is -2.47. The molecular weight excluding hydrogens is 662 g/mol. The monoisotopic (exact) mass is 734 g/mol. The molecule has 298 valence electrons. The maximum absolute atomic E-state index is 13.8. The highest BCUT2D eigenvalue weighted by atomic mass is 16.7. The summed E-state index contributed by atoms with van der Waals surface area (Å²) in [6.07, 6.45) is 8.49. The van der Waals surface area contributed by atoms with Crippen LogP contribution >= 0.6 is 0 Å². The van der Waals surface area contributed by atoms with Crippen molar-refractivity contribution in [1.29, 1.82) is 0 Å². The van der Waals surface area contributed by atoms with Crippen molar-refractivity contribution in [2.24, 2.45) is 23.7 Å². The minimum atomic E-state index is -1.17. The molecule has 4 aliphatic heterocycles. The molecule has 0 amide bonds. The first kappa shape index (κ1) is 43.0.